The van der Waals surface area contributed by atoms with Gasteiger partial charge in [-0.1, -0.05) is 6.42 Å². The molecule has 0 aromatic heterocycles. The van der Waals surface area contributed by atoms with Crippen molar-refractivity contribution >= 4 is 5.91 Å². The fraction of sp³-hybridized carbons (Fsp3) is 0.750. The summed E-state index contributed by atoms with van der Waals surface area (Å²) in [5, 5.41) is 20.3. The van der Waals surface area contributed by atoms with Gasteiger partial charge in [0.05, 0.1) is 31.0 Å². The first-order valence-electron chi connectivity index (χ1n) is 6.05. The summed E-state index contributed by atoms with van der Waals surface area (Å²) in [5.74, 6) is 0.0372. The van der Waals surface area contributed by atoms with E-state index in [1.807, 2.05) is 12.1 Å². The number of piperidine rings is 1. The molecule has 1 saturated heterocycles. The van der Waals surface area contributed by atoms with E-state index in [-0.39, 0.29) is 11.9 Å². The molecule has 0 aromatic rings. The lowest BCUT2D eigenvalue weighted by Crippen LogP contribution is -2.49. The highest BCUT2D eigenvalue weighted by Crippen LogP contribution is 2.10. The number of hydrogen-bond donors (Lipinski definition) is 1. The summed E-state index contributed by atoms with van der Waals surface area (Å²) in [4.78, 5) is 13.8. The summed E-state index contributed by atoms with van der Waals surface area (Å²) < 4.78 is 0. The summed E-state index contributed by atoms with van der Waals surface area (Å²) in [7, 11) is 0. The molecule has 0 spiro atoms. The SMILES string of the molecule is N#CCCN(CCC#N)C(=O)[C@@H]1CCCCN1. The van der Waals surface area contributed by atoms with Crippen molar-refractivity contribution in [1.82, 2.24) is 10.2 Å². The van der Waals surface area contributed by atoms with Crippen molar-refractivity contribution in [2.75, 3.05) is 19.6 Å². The number of nitriles is 2. The number of nitrogens with zero attached hydrogens (tertiary/aromatic N) is 3. The third-order valence-corrected chi connectivity index (χ3v) is 2.91. The van der Waals surface area contributed by atoms with Gasteiger partial charge >= 0.3 is 0 Å². The van der Waals surface area contributed by atoms with Crippen molar-refractivity contribution in [1.29, 1.82) is 10.5 Å². The van der Waals surface area contributed by atoms with E-state index in [1.54, 1.807) is 4.90 Å². The van der Waals surface area contributed by atoms with Gasteiger partial charge in [-0.05, 0) is 19.4 Å². The van der Waals surface area contributed by atoms with Gasteiger partial charge in [0.2, 0.25) is 5.91 Å². The first-order valence-corrected chi connectivity index (χ1v) is 6.05. The molecule has 5 heteroatoms. The maximum atomic E-state index is 12.2. The number of carbonyl (C=O) groups excluding carboxylic acids is 1. The van der Waals surface area contributed by atoms with Gasteiger partial charge in [0.25, 0.3) is 0 Å². The topological polar surface area (TPSA) is 79.9 Å². The third-order valence-electron chi connectivity index (χ3n) is 2.91. The maximum Gasteiger partial charge on any atom is 0.239 e. The molecular weight excluding hydrogens is 216 g/mol. The zero-order chi connectivity index (χ0) is 12.5. The molecule has 5 nitrogen and oxygen atoms in total. The minimum absolute atomic E-state index is 0.0372. The monoisotopic (exact) mass is 234 g/mol. The van der Waals surface area contributed by atoms with E-state index in [9.17, 15) is 4.79 Å². The Morgan fingerprint density at radius 1 is 1.24 bits per heavy atom. The molecule has 17 heavy (non-hydrogen) atoms. The molecule has 1 aliphatic heterocycles. The minimum Gasteiger partial charge on any atom is -0.339 e. The Morgan fingerprint density at radius 2 is 1.88 bits per heavy atom. The second kappa shape index (κ2) is 7.65. The van der Waals surface area contributed by atoms with E-state index in [4.69, 9.17) is 10.5 Å². The van der Waals surface area contributed by atoms with Crippen LogP contribution in [0.1, 0.15) is 32.1 Å². The number of nitrogens with one attached hydrogen (secondary N) is 1. The largest absolute Gasteiger partial charge is 0.339 e. The fourth-order valence-corrected chi connectivity index (χ4v) is 1.99. The van der Waals surface area contributed by atoms with Gasteiger partial charge in [-0.2, -0.15) is 10.5 Å². The predicted molar refractivity (Wildman–Crippen MR) is 62.7 cm³/mol. The molecule has 0 unspecified atom stereocenters. The molecule has 1 aliphatic rings. The Hall–Kier alpha value is -1.59. The molecule has 1 atom stereocenters. The quantitative estimate of drug-likeness (QED) is 0.762. The smallest absolute Gasteiger partial charge is 0.239 e. The molecule has 1 fully saturated rings. The maximum absolute atomic E-state index is 12.2. The average molecular weight is 234 g/mol. The fourth-order valence-electron chi connectivity index (χ4n) is 1.99. The van der Waals surface area contributed by atoms with Crippen molar-refractivity contribution in [2.24, 2.45) is 0 Å². The Labute approximate surface area is 102 Å². The number of hydrogen-bond acceptors (Lipinski definition) is 4. The molecule has 0 aromatic carbocycles. The lowest BCUT2D eigenvalue weighted by molar-refractivity contribution is -0.133. The number of amides is 1. The lowest BCUT2D eigenvalue weighted by atomic mass is 10.0. The minimum atomic E-state index is -0.124. The zero-order valence-electron chi connectivity index (χ0n) is 9.98. The van der Waals surface area contributed by atoms with Crippen molar-refractivity contribution < 1.29 is 4.79 Å². The summed E-state index contributed by atoms with van der Waals surface area (Å²) in [6.45, 7) is 1.73. The highest BCUT2D eigenvalue weighted by molar-refractivity contribution is 5.82. The normalized spacial score (nSPS) is 19.1. The average Bonchev–Trinajstić information content (AvgIpc) is 2.39. The van der Waals surface area contributed by atoms with Crippen LogP contribution in [0.4, 0.5) is 0 Å². The van der Waals surface area contributed by atoms with Gasteiger partial charge in [0, 0.05) is 13.1 Å². The highest BCUT2D eigenvalue weighted by atomic mass is 16.2. The van der Waals surface area contributed by atoms with Gasteiger partial charge < -0.3 is 10.2 Å². The summed E-state index contributed by atoms with van der Waals surface area (Å²) >= 11 is 0. The first-order chi connectivity index (χ1) is 8.29. The van der Waals surface area contributed by atoms with Crippen LogP contribution in [0.25, 0.3) is 0 Å². The zero-order valence-corrected chi connectivity index (χ0v) is 9.98. The van der Waals surface area contributed by atoms with Gasteiger partial charge in [-0.25, -0.2) is 0 Å². The van der Waals surface area contributed by atoms with E-state index in [1.165, 1.54) is 0 Å². The summed E-state index contributed by atoms with van der Waals surface area (Å²) in [6, 6.07) is 3.95. The first kappa shape index (κ1) is 13.5. The van der Waals surface area contributed by atoms with Crippen LogP contribution < -0.4 is 5.32 Å². The molecule has 1 heterocycles. The van der Waals surface area contributed by atoms with Gasteiger partial charge in [0.1, 0.15) is 0 Å². The molecule has 92 valence electrons. The van der Waals surface area contributed by atoms with Gasteiger partial charge in [0.15, 0.2) is 0 Å². The van der Waals surface area contributed by atoms with Crippen molar-refractivity contribution in [3.05, 3.63) is 0 Å². The van der Waals surface area contributed by atoms with Crippen LogP contribution >= 0.6 is 0 Å². The van der Waals surface area contributed by atoms with Crippen molar-refractivity contribution in [2.45, 2.75) is 38.1 Å². The van der Waals surface area contributed by atoms with E-state index in [0.29, 0.717) is 25.9 Å². The molecule has 1 rings (SSSR count). The molecule has 0 saturated carbocycles. The summed E-state index contributed by atoms with van der Waals surface area (Å²) in [6.07, 6.45) is 3.68. The van der Waals surface area contributed by atoms with E-state index < -0.39 is 0 Å². The van der Waals surface area contributed by atoms with Crippen LogP contribution in [0.15, 0.2) is 0 Å². The van der Waals surface area contributed by atoms with Crippen LogP contribution in [0, 0.1) is 22.7 Å². The number of carbonyl (C=O) groups is 1. The van der Waals surface area contributed by atoms with Crippen LogP contribution in [-0.2, 0) is 4.79 Å². The van der Waals surface area contributed by atoms with E-state index in [2.05, 4.69) is 5.32 Å². The van der Waals surface area contributed by atoms with E-state index >= 15 is 0 Å². The molecule has 0 aliphatic carbocycles. The molecular formula is C12H18N4O. The van der Waals surface area contributed by atoms with Gasteiger partial charge in [-0.15, -0.1) is 0 Å². The lowest BCUT2D eigenvalue weighted by Gasteiger charge is -2.29. The van der Waals surface area contributed by atoms with Crippen molar-refractivity contribution in [3.63, 3.8) is 0 Å². The molecule has 1 N–H and O–H groups in total. The van der Waals surface area contributed by atoms with Crippen LogP contribution in [0.5, 0.6) is 0 Å². The van der Waals surface area contributed by atoms with Crippen LogP contribution in [-0.4, -0.2) is 36.5 Å². The number of rotatable bonds is 5. The van der Waals surface area contributed by atoms with Gasteiger partial charge in [-0.3, -0.25) is 4.79 Å². The molecule has 1 amide bonds. The Kier molecular flexibility index (Phi) is 6.06. The second-order valence-electron chi connectivity index (χ2n) is 4.14. The van der Waals surface area contributed by atoms with Crippen LogP contribution in [0.3, 0.4) is 0 Å². The highest BCUT2D eigenvalue weighted by Gasteiger charge is 2.24. The third kappa shape index (κ3) is 4.42. The summed E-state index contributed by atoms with van der Waals surface area (Å²) in [5.41, 5.74) is 0. The standard InChI is InChI=1S/C12H18N4O/c13-6-3-9-16(10-4-7-14)12(17)11-5-1-2-8-15-11/h11,15H,1-5,8-10H2/t11-/m0/s1. The van der Waals surface area contributed by atoms with E-state index in [0.717, 1.165) is 25.8 Å². The second-order valence-corrected chi connectivity index (χ2v) is 4.14. The Morgan fingerprint density at radius 3 is 2.35 bits per heavy atom. The Bertz CT molecular complexity index is 304. The predicted octanol–water partition coefficient (Wildman–Crippen LogP) is 0.784. The molecule has 0 bridgehead atoms. The van der Waals surface area contributed by atoms with Crippen LogP contribution in [0.2, 0.25) is 0 Å². The van der Waals surface area contributed by atoms with Crippen molar-refractivity contribution in [3.8, 4) is 12.1 Å². The molecule has 0 radical (unpaired) electrons. The Balaban J connectivity index is 2.51.